The zero-order chi connectivity index (χ0) is 66.8. The Morgan fingerprint density at radius 2 is 0.885 bits per heavy atom. The van der Waals surface area contributed by atoms with Gasteiger partial charge in [0.2, 0.25) is 23.6 Å². The number of nitrogens with two attached hydrogens (primary N) is 1. The molecule has 96 heavy (non-hydrogen) atoms. The second-order valence-electron chi connectivity index (χ2n) is 25.4. The van der Waals surface area contributed by atoms with Crippen LogP contribution in [-0.2, 0) is 51.7 Å². The van der Waals surface area contributed by atoms with Crippen LogP contribution in [0.3, 0.4) is 0 Å². The first kappa shape index (κ1) is 67.6. The van der Waals surface area contributed by atoms with Crippen LogP contribution < -0.4 is 47.4 Å². The fourth-order valence-electron chi connectivity index (χ4n) is 13.3. The van der Waals surface area contributed by atoms with Gasteiger partial charge in [-0.25, -0.2) is 9.97 Å². The number of nitrogens with zero attached hydrogens (tertiary/aromatic N) is 8. The molecule has 0 atom stereocenters. The molecule has 0 aliphatic carbocycles. The number of carbonyl (C=O) groups is 8. The van der Waals surface area contributed by atoms with Gasteiger partial charge in [-0.2, -0.15) is 0 Å². The molecule has 5 aromatic carbocycles. The predicted molar refractivity (Wildman–Crippen MR) is 368 cm³/mol. The topological polar surface area (TPSA) is 283 Å². The van der Waals surface area contributed by atoms with Gasteiger partial charge in [-0.1, -0.05) is 74.2 Å². The Hall–Kier alpha value is -9.84. The van der Waals surface area contributed by atoms with Crippen LogP contribution >= 0.6 is 0 Å². The van der Waals surface area contributed by atoms with Crippen LogP contribution in [0.4, 0.5) is 34.1 Å². The van der Waals surface area contributed by atoms with E-state index in [1.165, 1.54) is 6.07 Å². The quantitative estimate of drug-likeness (QED) is 0.0218. The van der Waals surface area contributed by atoms with Gasteiger partial charge in [0.15, 0.2) is 0 Å². The first-order chi connectivity index (χ1) is 46.8. The molecule has 23 nitrogen and oxygen atoms in total. The van der Waals surface area contributed by atoms with Crippen LogP contribution in [0.15, 0.2) is 140 Å². The molecule has 8 amide bonds. The first-order valence-corrected chi connectivity index (χ1v) is 33.9. The molecule has 6 heterocycles. The summed E-state index contributed by atoms with van der Waals surface area (Å²) in [5.74, 6) is -0.534. The Balaban J connectivity index is 0.507. The highest BCUT2D eigenvalue weighted by molar-refractivity contribution is 6.19. The van der Waals surface area contributed by atoms with Crippen molar-refractivity contribution < 1.29 is 38.4 Å². The summed E-state index contributed by atoms with van der Waals surface area (Å²) in [4.78, 5) is 123. The number of piperidine rings is 2. The molecular formula is C73H87N15O8. The second-order valence-corrected chi connectivity index (χ2v) is 25.4. The third-order valence-electron chi connectivity index (χ3n) is 18.6. The third kappa shape index (κ3) is 17.9. The number of fused-ring (bicyclic) bond motifs is 4. The fourth-order valence-corrected chi connectivity index (χ4v) is 13.3. The average Bonchev–Trinajstić information content (AvgIpc) is 1.59. The molecule has 7 aromatic rings. The van der Waals surface area contributed by atoms with Crippen molar-refractivity contribution in [3.05, 3.63) is 180 Å². The van der Waals surface area contributed by atoms with E-state index < -0.39 is 11.8 Å². The molecule has 0 saturated carbocycles. The van der Waals surface area contributed by atoms with Gasteiger partial charge in [-0.3, -0.25) is 58.0 Å². The molecule has 11 rings (SSSR count). The van der Waals surface area contributed by atoms with Crippen molar-refractivity contribution >= 4 is 81.4 Å². The van der Waals surface area contributed by atoms with Crippen LogP contribution in [0.25, 0.3) is 0 Å². The summed E-state index contributed by atoms with van der Waals surface area (Å²) in [5, 5.41) is 17.3. The molecule has 2 aromatic heterocycles. The standard InChI is InChI=1S/C73H87N15O8/c74-44-53-41-54(70(93)77-33-31-75-66(89)25-23-56-45-85(49-79-56)35-11-9-13-51-27-37-83(38-28-51)47-68(91)87-62-19-5-1-15-58(62)72(95)81-60-17-3-7-21-64(60)87)43-55(42-53)71(94)78-34-32-76-67(90)26-24-57-46-86(50-80-57)36-12-10-14-52-29-39-84(40-30-52)48-69(92)88-63-20-6-2-16-59(63)73(96)82-61-18-4-8-22-65(61)88/h1-8,15-22,41-43,45-46,49-52H,9-14,23-40,44,47-48,74H2,(H,75,89)(H,76,90)(H,77,93)(H,78,94)(H,81,95)(H,82,96). The summed E-state index contributed by atoms with van der Waals surface area (Å²) in [6.45, 7) is 6.48. The van der Waals surface area contributed by atoms with Crippen LogP contribution in [0.5, 0.6) is 0 Å². The van der Waals surface area contributed by atoms with E-state index in [1.807, 2.05) is 110 Å². The van der Waals surface area contributed by atoms with Crippen molar-refractivity contribution in [2.45, 2.75) is 110 Å². The number of aromatic nitrogens is 4. The maximum absolute atomic E-state index is 13.9. The van der Waals surface area contributed by atoms with Gasteiger partial charge in [0.1, 0.15) is 0 Å². The average molecular weight is 1300 g/mol. The molecule has 0 spiro atoms. The van der Waals surface area contributed by atoms with E-state index in [0.29, 0.717) is 75.5 Å². The van der Waals surface area contributed by atoms with Crippen molar-refractivity contribution in [2.75, 3.05) is 85.9 Å². The zero-order valence-electron chi connectivity index (χ0n) is 54.4. The highest BCUT2D eigenvalue weighted by Crippen LogP contribution is 2.40. The second kappa shape index (κ2) is 33.0. The van der Waals surface area contributed by atoms with Crippen LogP contribution in [0.2, 0.25) is 0 Å². The van der Waals surface area contributed by atoms with Crippen LogP contribution in [0.1, 0.15) is 135 Å². The number of carbonyl (C=O) groups excluding carboxylic acids is 8. The maximum atomic E-state index is 13.9. The first-order valence-electron chi connectivity index (χ1n) is 33.9. The van der Waals surface area contributed by atoms with Gasteiger partial charge in [-0.15, -0.1) is 0 Å². The number of aryl methyl sites for hydroxylation is 4. The van der Waals surface area contributed by atoms with Gasteiger partial charge in [0.25, 0.3) is 23.6 Å². The minimum atomic E-state index is -0.411. The summed E-state index contributed by atoms with van der Waals surface area (Å²) < 4.78 is 4.14. The number of hydrogen-bond donors (Lipinski definition) is 7. The number of anilines is 6. The van der Waals surface area contributed by atoms with Gasteiger partial charge in [0, 0.05) is 82.2 Å². The molecular weight excluding hydrogens is 1210 g/mol. The van der Waals surface area contributed by atoms with E-state index in [0.717, 1.165) is 115 Å². The predicted octanol–water partition coefficient (Wildman–Crippen LogP) is 8.12. The van der Waals surface area contributed by atoms with E-state index in [4.69, 9.17) is 5.73 Å². The largest absolute Gasteiger partial charge is 0.354 e. The molecule has 2 fully saturated rings. The lowest BCUT2D eigenvalue weighted by molar-refractivity contribution is -0.121. The summed E-state index contributed by atoms with van der Waals surface area (Å²) >= 11 is 0. The van der Waals surface area contributed by atoms with E-state index >= 15 is 0 Å². The van der Waals surface area contributed by atoms with Gasteiger partial charge < -0.3 is 46.8 Å². The van der Waals surface area contributed by atoms with Crippen molar-refractivity contribution in [1.82, 2.24) is 50.2 Å². The molecule has 502 valence electrons. The Kier molecular flexibility index (Phi) is 23.2. The van der Waals surface area contributed by atoms with Gasteiger partial charge in [0.05, 0.1) is 82.4 Å². The number of unbranched alkanes of at least 4 members (excludes halogenated alkanes) is 2. The number of amides is 8. The number of para-hydroxylation sites is 6. The van der Waals surface area contributed by atoms with Crippen molar-refractivity contribution in [3.63, 3.8) is 0 Å². The number of rotatable bonds is 29. The smallest absolute Gasteiger partial charge is 0.257 e. The number of imidazole rings is 2. The number of nitrogens with one attached hydrogen (secondary N) is 6. The Morgan fingerprint density at radius 3 is 1.31 bits per heavy atom. The van der Waals surface area contributed by atoms with E-state index in [9.17, 15) is 38.4 Å². The summed E-state index contributed by atoms with van der Waals surface area (Å²) in [6, 6.07) is 34.1. The van der Waals surface area contributed by atoms with E-state index in [1.54, 1.807) is 34.1 Å². The van der Waals surface area contributed by atoms with Crippen LogP contribution in [-0.4, -0.2) is 142 Å². The monoisotopic (exact) mass is 1300 g/mol. The molecule has 4 aliphatic rings. The van der Waals surface area contributed by atoms with Gasteiger partial charge >= 0.3 is 0 Å². The number of benzene rings is 5. The van der Waals surface area contributed by atoms with Crippen molar-refractivity contribution in [3.8, 4) is 0 Å². The fraction of sp³-hybridized carbons (Fsp3) is 0.397. The molecule has 8 N–H and O–H groups in total. The van der Waals surface area contributed by atoms with Crippen LogP contribution in [0, 0.1) is 11.8 Å². The third-order valence-corrected chi connectivity index (χ3v) is 18.6. The minimum Gasteiger partial charge on any atom is -0.354 e. The highest BCUT2D eigenvalue weighted by Gasteiger charge is 2.33. The lowest BCUT2D eigenvalue weighted by Gasteiger charge is -2.33. The number of likely N-dealkylation sites (tertiary alicyclic amines) is 2. The summed E-state index contributed by atoms with van der Waals surface area (Å²) in [7, 11) is 0. The summed E-state index contributed by atoms with van der Waals surface area (Å²) in [6.07, 6.45) is 19.6. The molecule has 0 unspecified atom stereocenters. The molecule has 0 radical (unpaired) electrons. The van der Waals surface area contributed by atoms with Gasteiger partial charge in [-0.05, 0) is 162 Å². The maximum Gasteiger partial charge on any atom is 0.257 e. The molecule has 0 bridgehead atoms. The zero-order valence-corrected chi connectivity index (χ0v) is 54.4. The Labute approximate surface area is 560 Å². The lowest BCUT2D eigenvalue weighted by Crippen LogP contribution is -2.42. The number of hydrogen-bond acceptors (Lipinski definition) is 13. The highest BCUT2D eigenvalue weighted by atomic mass is 16.2. The molecule has 2 saturated heterocycles. The normalized spacial score (nSPS) is 15.0. The van der Waals surface area contributed by atoms with E-state index in [-0.39, 0.29) is 105 Å². The molecule has 4 aliphatic heterocycles. The van der Waals surface area contributed by atoms with E-state index in [2.05, 4.69) is 60.8 Å². The van der Waals surface area contributed by atoms with Crippen molar-refractivity contribution in [2.24, 2.45) is 17.6 Å². The SMILES string of the molecule is NCc1cc(C(=O)NCCNC(=O)CCc2cn(CCCCC3CCN(CC(=O)N4c5ccccc5NC(=O)c5ccccc54)CC3)cn2)cc(C(=O)NCCNC(=O)CCc2cn(CCCCC3CCN(CC(=O)N4c5ccccc5NC(=O)c5ccccc54)CC3)cn2)c1. The molecule has 23 heteroatoms. The Morgan fingerprint density at radius 1 is 0.490 bits per heavy atom. The summed E-state index contributed by atoms with van der Waals surface area (Å²) in [5.41, 5.74) is 13.4. The lowest BCUT2D eigenvalue weighted by atomic mass is 9.91. The van der Waals surface area contributed by atoms with Crippen molar-refractivity contribution in [1.29, 1.82) is 0 Å². The minimum absolute atomic E-state index is 0.0615. The Bertz CT molecular complexity index is 3660.